The van der Waals surface area contributed by atoms with E-state index in [0.29, 0.717) is 0 Å². The minimum atomic E-state index is -3.89. The quantitative estimate of drug-likeness (QED) is 0.264. The lowest BCUT2D eigenvalue weighted by Gasteiger charge is -2.14. The van der Waals surface area contributed by atoms with E-state index < -0.39 is 10.4 Å². The molecule has 0 bridgehead atoms. The van der Waals surface area contributed by atoms with E-state index in [1.165, 1.54) is 44.9 Å². The van der Waals surface area contributed by atoms with Crippen molar-refractivity contribution in [2.24, 2.45) is 0 Å². The average Bonchev–Trinajstić information content (AvgIpc) is 2.64. The molecule has 0 heterocycles. The Morgan fingerprint density at radius 1 is 0.724 bits per heavy atom. The van der Waals surface area contributed by atoms with Gasteiger partial charge in [0.15, 0.2) is 0 Å². The fourth-order valence-electron chi connectivity index (χ4n) is 2.50. The van der Waals surface area contributed by atoms with Crippen LogP contribution in [0.25, 0.3) is 0 Å². The highest BCUT2D eigenvalue weighted by atomic mass is 32.3. The molecule has 0 saturated heterocycles. The summed E-state index contributed by atoms with van der Waals surface area (Å²) in [5.41, 5.74) is 0.809. The summed E-state index contributed by atoms with van der Waals surface area (Å²) in [6.07, 6.45) is 12.1. The maximum absolute atomic E-state index is 11.6. The molecule has 0 aromatic heterocycles. The van der Waals surface area contributed by atoms with Gasteiger partial charge >= 0.3 is 10.4 Å². The van der Waals surface area contributed by atoms with Crippen LogP contribution in [0.2, 0.25) is 0 Å². The van der Waals surface area contributed by atoms with Gasteiger partial charge in [0.1, 0.15) is 0 Å². The Labute approximate surface area is 180 Å². The summed E-state index contributed by atoms with van der Waals surface area (Å²) in [4.78, 5) is 0. The number of nitrogens with zero attached hydrogens (tertiary/aromatic N) is 1. The molecule has 1 aromatic carbocycles. The second kappa shape index (κ2) is 16.8. The molecule has 0 fully saturated rings. The van der Waals surface area contributed by atoms with Crippen molar-refractivity contribution in [2.45, 2.75) is 77.7 Å². The van der Waals surface area contributed by atoms with Crippen LogP contribution in [0.15, 0.2) is 30.3 Å². The Hall–Kier alpha value is -0.950. The van der Waals surface area contributed by atoms with Crippen molar-refractivity contribution in [1.82, 2.24) is 0 Å². The molecule has 0 aliphatic carbocycles. The van der Waals surface area contributed by atoms with Crippen LogP contribution >= 0.6 is 0 Å². The molecule has 0 aliphatic rings. The van der Waals surface area contributed by atoms with Gasteiger partial charge in [-0.05, 0) is 12.0 Å². The van der Waals surface area contributed by atoms with Crippen LogP contribution in [0.3, 0.4) is 0 Å². The van der Waals surface area contributed by atoms with Gasteiger partial charge in [0.2, 0.25) is 0 Å². The van der Waals surface area contributed by atoms with Crippen molar-refractivity contribution in [3.63, 3.8) is 0 Å². The number of benzene rings is 1. The van der Waals surface area contributed by atoms with Gasteiger partial charge in [0.05, 0.1) is 41.4 Å². The first-order valence-electron chi connectivity index (χ1n) is 11.0. The number of hydrogen-bond donors (Lipinski definition) is 0. The molecule has 1 aromatic rings. The average molecular weight is 431 g/mol. The molecule has 0 atom stereocenters. The summed E-state index contributed by atoms with van der Waals surface area (Å²) < 4.78 is 34.0. The van der Waals surface area contributed by atoms with E-state index in [1.54, 1.807) is 0 Å². The minimum Gasteiger partial charge on any atom is -0.333 e. The fraction of sp³-hybridized carbons (Fsp3) is 0.739. The Morgan fingerprint density at radius 2 is 1.17 bits per heavy atom. The Balaban J connectivity index is 0.00000139. The van der Waals surface area contributed by atoms with Crippen molar-refractivity contribution < 1.29 is 21.3 Å². The molecule has 0 aliphatic heterocycles. The first-order valence-corrected chi connectivity index (χ1v) is 12.3. The summed E-state index contributed by atoms with van der Waals surface area (Å²) >= 11 is 0. The lowest BCUT2D eigenvalue weighted by atomic mass is 10.1. The molecule has 0 saturated carbocycles. The molecule has 0 radical (unpaired) electrons. The third-order valence-electron chi connectivity index (χ3n) is 3.94. The lowest BCUT2D eigenvalue weighted by Crippen LogP contribution is -2.27. The topological polar surface area (TPSA) is 52.6 Å². The van der Waals surface area contributed by atoms with Crippen LogP contribution < -0.4 is 0 Å². The summed E-state index contributed by atoms with van der Waals surface area (Å²) in [5.74, 6) is 0. The van der Waals surface area contributed by atoms with Crippen LogP contribution in [-0.4, -0.2) is 47.7 Å². The van der Waals surface area contributed by atoms with Crippen LogP contribution in [0.5, 0.6) is 0 Å². The zero-order valence-corrected chi connectivity index (χ0v) is 20.2. The van der Waals surface area contributed by atoms with Crippen molar-refractivity contribution in [2.75, 3.05) is 34.8 Å². The van der Waals surface area contributed by atoms with Gasteiger partial charge in [0.25, 0.3) is 0 Å². The molecule has 29 heavy (non-hydrogen) atoms. The molecule has 5 nitrogen and oxygen atoms in total. The van der Waals surface area contributed by atoms with Crippen molar-refractivity contribution >= 4 is 10.4 Å². The minimum absolute atomic E-state index is 0.0151. The molecule has 1 rings (SSSR count). The predicted molar refractivity (Wildman–Crippen MR) is 122 cm³/mol. The van der Waals surface area contributed by atoms with E-state index in [-0.39, 0.29) is 13.2 Å². The number of hydrogen-bond acceptors (Lipinski definition) is 4. The Morgan fingerprint density at radius 3 is 1.66 bits per heavy atom. The van der Waals surface area contributed by atoms with Crippen LogP contribution in [0.1, 0.15) is 76.7 Å². The monoisotopic (exact) mass is 430 g/mol. The smallest absolute Gasteiger partial charge is 0.333 e. The van der Waals surface area contributed by atoms with Crippen LogP contribution in [-0.2, 0) is 25.4 Å². The van der Waals surface area contributed by atoms with Gasteiger partial charge in [-0.1, -0.05) is 95.0 Å². The molecular weight excluding hydrogens is 386 g/mol. The van der Waals surface area contributed by atoms with E-state index in [1.807, 2.05) is 30.3 Å². The normalized spacial score (nSPS) is 11.8. The second-order valence-electron chi connectivity index (χ2n) is 8.84. The Bertz CT molecular complexity index is 577. The summed E-state index contributed by atoms with van der Waals surface area (Å²) in [5, 5.41) is 0. The third-order valence-corrected chi connectivity index (χ3v) is 4.80. The highest BCUT2D eigenvalue weighted by Gasteiger charge is 2.11. The number of quaternary nitrogens is 1. The largest absolute Gasteiger partial charge is 0.400 e. The molecular formula is C23H44NO4S+. The van der Waals surface area contributed by atoms with Crippen molar-refractivity contribution in [3.05, 3.63) is 35.9 Å². The number of rotatable bonds is 15. The van der Waals surface area contributed by atoms with E-state index in [9.17, 15) is 8.42 Å². The summed E-state index contributed by atoms with van der Waals surface area (Å²) in [6, 6.07) is 9.20. The zero-order chi connectivity index (χ0) is 22.0. The first kappa shape index (κ1) is 28.1. The number of unbranched alkanes of at least 4 members (excludes halogenated alkanes) is 9. The Kier molecular flexibility index (Phi) is 16.3. The van der Waals surface area contributed by atoms with E-state index in [4.69, 9.17) is 8.37 Å². The summed E-state index contributed by atoms with van der Waals surface area (Å²) in [7, 11) is 4.61. The lowest BCUT2D eigenvalue weighted by molar-refractivity contribution is -0.849. The third kappa shape index (κ3) is 23.2. The standard InChI is InChI=1S/C19H32O4S.C4H12N/c1-2-3-4-5-6-7-8-9-10-14-17-22-24(20,21)23-18-19-15-12-11-13-16-19;1-5(2,3)4/h11-13,15-16H,2-10,14,17-18H2,1H3;1-4H3/q;+1. The van der Waals surface area contributed by atoms with Crippen LogP contribution in [0, 0.1) is 0 Å². The maximum atomic E-state index is 11.6. The molecule has 6 heteroatoms. The molecule has 170 valence electrons. The highest BCUT2D eigenvalue weighted by Crippen LogP contribution is 2.11. The van der Waals surface area contributed by atoms with E-state index in [0.717, 1.165) is 29.3 Å². The second-order valence-corrected chi connectivity index (χ2v) is 10.1. The van der Waals surface area contributed by atoms with Crippen LogP contribution in [0.4, 0.5) is 0 Å². The molecule has 0 N–H and O–H groups in total. The van der Waals surface area contributed by atoms with E-state index in [2.05, 4.69) is 35.1 Å². The zero-order valence-electron chi connectivity index (χ0n) is 19.4. The van der Waals surface area contributed by atoms with Crippen molar-refractivity contribution in [3.8, 4) is 0 Å². The molecule has 0 spiro atoms. The van der Waals surface area contributed by atoms with Gasteiger partial charge < -0.3 is 4.48 Å². The van der Waals surface area contributed by atoms with Gasteiger partial charge in [-0.2, -0.15) is 8.42 Å². The highest BCUT2D eigenvalue weighted by molar-refractivity contribution is 7.81. The van der Waals surface area contributed by atoms with E-state index >= 15 is 0 Å². The molecule has 0 unspecified atom stereocenters. The molecule has 0 amide bonds. The maximum Gasteiger partial charge on any atom is 0.400 e. The van der Waals surface area contributed by atoms with Gasteiger partial charge in [0, 0.05) is 0 Å². The van der Waals surface area contributed by atoms with Gasteiger partial charge in [-0.25, -0.2) is 8.37 Å². The van der Waals surface area contributed by atoms with Gasteiger partial charge in [-0.15, -0.1) is 0 Å². The fourth-order valence-corrected chi connectivity index (χ4v) is 3.17. The van der Waals surface area contributed by atoms with Gasteiger partial charge in [-0.3, -0.25) is 0 Å². The summed E-state index contributed by atoms with van der Waals surface area (Å²) in [6.45, 7) is 2.45. The SMILES string of the molecule is CCCCCCCCCCCCOS(=O)(=O)OCc1ccccc1.C[N+](C)(C)C. The van der Waals surface area contributed by atoms with Crippen molar-refractivity contribution in [1.29, 1.82) is 0 Å². The predicted octanol–water partition coefficient (Wildman–Crippen LogP) is 5.71. The first-order chi connectivity index (χ1) is 13.6.